The van der Waals surface area contributed by atoms with E-state index in [1.807, 2.05) is 12.1 Å². The maximum Gasteiger partial charge on any atom is 0.419 e. The van der Waals surface area contributed by atoms with E-state index in [1.54, 1.807) is 31.3 Å². The van der Waals surface area contributed by atoms with E-state index in [1.165, 1.54) is 4.57 Å². The van der Waals surface area contributed by atoms with Crippen molar-refractivity contribution in [3.05, 3.63) is 51.6 Å². The van der Waals surface area contributed by atoms with E-state index in [0.717, 1.165) is 5.56 Å². The third kappa shape index (κ3) is 1.87. The Balaban J connectivity index is 2.17. The van der Waals surface area contributed by atoms with Crippen LogP contribution in [-0.2, 0) is 7.05 Å². The minimum Gasteiger partial charge on any atom is -0.408 e. The minimum absolute atomic E-state index is 0.152. The summed E-state index contributed by atoms with van der Waals surface area (Å²) in [6.07, 6.45) is 0. The van der Waals surface area contributed by atoms with Crippen LogP contribution < -0.4 is 5.76 Å². The minimum atomic E-state index is -0.414. The van der Waals surface area contributed by atoms with Crippen LogP contribution in [0.4, 0.5) is 0 Å². The van der Waals surface area contributed by atoms with Gasteiger partial charge in [-0.1, -0.05) is 17.7 Å². The van der Waals surface area contributed by atoms with E-state index in [-0.39, 0.29) is 5.15 Å². The first kappa shape index (κ1) is 12.5. The van der Waals surface area contributed by atoms with Crippen molar-refractivity contribution in [2.75, 3.05) is 0 Å². The molecule has 0 saturated carbocycles. The van der Waals surface area contributed by atoms with Gasteiger partial charge in [0, 0.05) is 12.6 Å². The van der Waals surface area contributed by atoms with Crippen molar-refractivity contribution >= 4 is 22.7 Å². The van der Waals surface area contributed by atoms with Gasteiger partial charge in [0.1, 0.15) is 11.2 Å². The number of hydrogen-bond acceptors (Lipinski definition) is 4. The Hall–Kier alpha value is -2.58. The number of aromatic nitrogens is 2. The number of rotatable bonds is 1. The van der Waals surface area contributed by atoms with E-state index in [9.17, 15) is 4.79 Å². The van der Waals surface area contributed by atoms with Crippen LogP contribution in [0.2, 0.25) is 5.15 Å². The van der Waals surface area contributed by atoms with Crippen molar-refractivity contribution in [1.29, 1.82) is 5.26 Å². The van der Waals surface area contributed by atoms with Gasteiger partial charge < -0.3 is 4.42 Å². The zero-order valence-corrected chi connectivity index (χ0v) is 11.2. The number of nitrogens with zero attached hydrogens (tertiary/aromatic N) is 3. The molecule has 3 aromatic rings. The molecule has 5 nitrogen and oxygen atoms in total. The summed E-state index contributed by atoms with van der Waals surface area (Å²) in [5.41, 5.74) is 2.89. The van der Waals surface area contributed by atoms with E-state index < -0.39 is 5.76 Å². The Morgan fingerprint density at radius 1 is 1.35 bits per heavy atom. The molecule has 2 heterocycles. The largest absolute Gasteiger partial charge is 0.419 e. The monoisotopic (exact) mass is 285 g/mol. The number of aryl methyl sites for hydroxylation is 1. The fraction of sp³-hybridized carbons (Fsp3) is 0.0714. The van der Waals surface area contributed by atoms with E-state index in [4.69, 9.17) is 21.3 Å². The van der Waals surface area contributed by atoms with Crippen LogP contribution in [0.15, 0.2) is 39.5 Å². The molecule has 6 heteroatoms. The molecule has 1 aromatic carbocycles. The Labute approximate surface area is 118 Å². The standard InChI is InChI=1S/C14H8ClN3O2/c1-18-11-5-3-8(6-12(11)20-14(18)19)10-4-2-9(7-16)13(15)17-10/h2-6H,1H3. The molecule has 0 atom stereocenters. The number of halogens is 1. The molecule has 3 rings (SSSR count). The van der Waals surface area contributed by atoms with Gasteiger partial charge in [-0.3, -0.25) is 4.57 Å². The van der Waals surface area contributed by atoms with Crippen molar-refractivity contribution in [2.24, 2.45) is 7.05 Å². The SMILES string of the molecule is Cn1c(=O)oc2cc(-c3ccc(C#N)c(Cl)n3)ccc21. The van der Waals surface area contributed by atoms with E-state index in [2.05, 4.69) is 4.98 Å². The highest BCUT2D eigenvalue weighted by Crippen LogP contribution is 2.24. The van der Waals surface area contributed by atoms with E-state index >= 15 is 0 Å². The number of hydrogen-bond donors (Lipinski definition) is 0. The van der Waals surface area contributed by atoms with Gasteiger partial charge in [-0.25, -0.2) is 9.78 Å². The molecule has 0 aliphatic rings. The molecule has 20 heavy (non-hydrogen) atoms. The number of nitriles is 1. The van der Waals surface area contributed by atoms with Crippen molar-refractivity contribution in [1.82, 2.24) is 9.55 Å². The zero-order chi connectivity index (χ0) is 14.3. The Bertz CT molecular complexity index is 918. The lowest BCUT2D eigenvalue weighted by Gasteiger charge is -2.02. The van der Waals surface area contributed by atoms with Crippen molar-refractivity contribution in [2.45, 2.75) is 0 Å². The maximum absolute atomic E-state index is 11.4. The smallest absolute Gasteiger partial charge is 0.408 e. The summed E-state index contributed by atoms with van der Waals surface area (Å²) in [5, 5.41) is 8.98. The van der Waals surface area contributed by atoms with Crippen LogP contribution in [0.5, 0.6) is 0 Å². The van der Waals surface area contributed by atoms with Gasteiger partial charge in [0.05, 0.1) is 16.8 Å². The van der Waals surface area contributed by atoms with Gasteiger partial charge in [0.25, 0.3) is 0 Å². The molecule has 0 bridgehead atoms. The van der Waals surface area contributed by atoms with Crippen LogP contribution in [-0.4, -0.2) is 9.55 Å². The van der Waals surface area contributed by atoms with Gasteiger partial charge >= 0.3 is 5.76 Å². The molecule has 0 aliphatic heterocycles. The third-order valence-electron chi connectivity index (χ3n) is 3.06. The van der Waals surface area contributed by atoms with Crippen molar-refractivity contribution in [3.63, 3.8) is 0 Å². The number of fused-ring (bicyclic) bond motifs is 1. The lowest BCUT2D eigenvalue weighted by molar-refractivity contribution is 0.528. The molecule has 0 spiro atoms. The van der Waals surface area contributed by atoms with Crippen LogP contribution in [0.3, 0.4) is 0 Å². The second-order valence-electron chi connectivity index (χ2n) is 4.26. The fourth-order valence-electron chi connectivity index (χ4n) is 1.97. The second-order valence-corrected chi connectivity index (χ2v) is 4.61. The van der Waals surface area contributed by atoms with Crippen LogP contribution in [0.25, 0.3) is 22.4 Å². The highest BCUT2D eigenvalue weighted by atomic mass is 35.5. The summed E-state index contributed by atoms with van der Waals surface area (Å²) >= 11 is 5.92. The first-order valence-electron chi connectivity index (χ1n) is 5.77. The molecule has 0 unspecified atom stereocenters. The normalized spacial score (nSPS) is 10.7. The van der Waals surface area contributed by atoms with Gasteiger partial charge in [0.2, 0.25) is 0 Å². The average molecular weight is 286 g/mol. The molecule has 0 radical (unpaired) electrons. The van der Waals surface area contributed by atoms with Gasteiger partial charge in [-0.15, -0.1) is 0 Å². The van der Waals surface area contributed by atoms with Crippen LogP contribution >= 0.6 is 11.6 Å². The molecule has 2 aromatic heterocycles. The predicted octanol–water partition coefficient (Wildman–Crippen LogP) is 2.72. The molecule has 0 fully saturated rings. The summed E-state index contributed by atoms with van der Waals surface area (Å²) in [4.78, 5) is 15.6. The summed E-state index contributed by atoms with van der Waals surface area (Å²) in [6.45, 7) is 0. The topological polar surface area (TPSA) is 71.8 Å². The zero-order valence-electron chi connectivity index (χ0n) is 10.4. The molecule has 0 aliphatic carbocycles. The average Bonchev–Trinajstić information content (AvgIpc) is 2.73. The number of pyridine rings is 1. The third-order valence-corrected chi connectivity index (χ3v) is 3.35. The quantitative estimate of drug-likeness (QED) is 0.645. The summed E-state index contributed by atoms with van der Waals surface area (Å²) < 4.78 is 6.56. The Morgan fingerprint density at radius 3 is 2.85 bits per heavy atom. The van der Waals surface area contributed by atoms with Crippen molar-refractivity contribution in [3.8, 4) is 17.3 Å². The first-order valence-corrected chi connectivity index (χ1v) is 6.14. The molecular weight excluding hydrogens is 278 g/mol. The molecule has 98 valence electrons. The Kier molecular flexibility index (Phi) is 2.81. The fourth-order valence-corrected chi connectivity index (χ4v) is 2.17. The highest BCUT2D eigenvalue weighted by Gasteiger charge is 2.09. The summed E-state index contributed by atoms with van der Waals surface area (Å²) in [5.74, 6) is -0.414. The Morgan fingerprint density at radius 2 is 2.15 bits per heavy atom. The van der Waals surface area contributed by atoms with Crippen molar-refractivity contribution < 1.29 is 4.42 Å². The molecule has 0 saturated heterocycles. The summed E-state index contributed by atoms with van der Waals surface area (Å²) in [7, 11) is 1.64. The van der Waals surface area contributed by atoms with Gasteiger partial charge in [0.15, 0.2) is 5.58 Å². The molecular formula is C14H8ClN3O2. The number of oxazole rings is 1. The molecule has 0 amide bonds. The van der Waals surface area contributed by atoms with Crippen LogP contribution in [0.1, 0.15) is 5.56 Å². The maximum atomic E-state index is 11.4. The van der Waals surface area contributed by atoms with Gasteiger partial charge in [-0.2, -0.15) is 5.26 Å². The highest BCUT2D eigenvalue weighted by molar-refractivity contribution is 6.30. The first-order chi connectivity index (χ1) is 9.60. The van der Waals surface area contributed by atoms with Gasteiger partial charge in [-0.05, 0) is 24.3 Å². The second kappa shape index (κ2) is 4.51. The summed E-state index contributed by atoms with van der Waals surface area (Å²) in [6, 6.07) is 10.6. The van der Waals surface area contributed by atoms with Crippen LogP contribution in [0, 0.1) is 11.3 Å². The van der Waals surface area contributed by atoms with E-state index in [0.29, 0.717) is 22.4 Å². The number of benzene rings is 1. The predicted molar refractivity (Wildman–Crippen MR) is 74.4 cm³/mol. The lowest BCUT2D eigenvalue weighted by atomic mass is 10.1. The lowest BCUT2D eigenvalue weighted by Crippen LogP contribution is -2.08. The molecule has 0 N–H and O–H groups in total.